The minimum atomic E-state index is 0.254. The topological polar surface area (TPSA) is 47.1 Å². The first-order valence-electron chi connectivity index (χ1n) is 7.61. The van der Waals surface area contributed by atoms with Crippen molar-refractivity contribution in [2.24, 2.45) is 12.8 Å². The van der Waals surface area contributed by atoms with E-state index in [9.17, 15) is 0 Å². The molecule has 2 aliphatic rings. The Kier molecular flexibility index (Phi) is 3.39. The molecule has 106 valence electrons. The van der Waals surface area contributed by atoms with Crippen LogP contribution in [0.2, 0.25) is 0 Å². The van der Waals surface area contributed by atoms with Crippen LogP contribution in [0, 0.1) is 13.8 Å². The molecule has 2 unspecified atom stereocenters. The Morgan fingerprint density at radius 2 is 1.89 bits per heavy atom. The summed E-state index contributed by atoms with van der Waals surface area (Å²) in [5.74, 6) is 0. The largest absolute Gasteiger partial charge is 0.326 e. The van der Waals surface area contributed by atoms with Crippen molar-refractivity contribution < 1.29 is 0 Å². The molecule has 1 saturated carbocycles. The van der Waals surface area contributed by atoms with Gasteiger partial charge >= 0.3 is 0 Å². The average molecular weight is 262 g/mol. The van der Waals surface area contributed by atoms with E-state index in [4.69, 9.17) is 5.73 Å². The summed E-state index contributed by atoms with van der Waals surface area (Å²) < 4.78 is 2.01. The van der Waals surface area contributed by atoms with E-state index in [-0.39, 0.29) is 6.04 Å². The molecule has 1 aromatic rings. The second-order valence-corrected chi connectivity index (χ2v) is 6.28. The van der Waals surface area contributed by atoms with Gasteiger partial charge in [0.25, 0.3) is 0 Å². The minimum absolute atomic E-state index is 0.254. The lowest BCUT2D eigenvalue weighted by atomic mass is 9.94. The molecule has 0 spiro atoms. The van der Waals surface area contributed by atoms with Gasteiger partial charge in [-0.15, -0.1) is 0 Å². The van der Waals surface area contributed by atoms with Crippen molar-refractivity contribution in [2.75, 3.05) is 6.54 Å². The van der Waals surface area contributed by atoms with Gasteiger partial charge in [-0.3, -0.25) is 9.58 Å². The summed E-state index contributed by atoms with van der Waals surface area (Å²) in [6, 6.07) is 1.40. The van der Waals surface area contributed by atoms with Crippen molar-refractivity contribution >= 4 is 0 Å². The average Bonchev–Trinajstić information content (AvgIpc) is 3.15. The van der Waals surface area contributed by atoms with Gasteiger partial charge in [0.05, 0.1) is 11.7 Å². The quantitative estimate of drug-likeness (QED) is 0.887. The molecule has 4 heteroatoms. The lowest BCUT2D eigenvalue weighted by Gasteiger charge is -2.34. The zero-order chi connectivity index (χ0) is 13.6. The van der Waals surface area contributed by atoms with Gasteiger partial charge in [-0.05, 0) is 46.1 Å². The summed E-state index contributed by atoms with van der Waals surface area (Å²) in [6.07, 6.45) is 6.39. The summed E-state index contributed by atoms with van der Waals surface area (Å²) in [5, 5.41) is 4.60. The highest BCUT2D eigenvalue weighted by molar-refractivity contribution is 5.30. The highest BCUT2D eigenvalue weighted by atomic mass is 15.3. The van der Waals surface area contributed by atoms with Gasteiger partial charge in [0.1, 0.15) is 0 Å². The maximum atomic E-state index is 6.54. The van der Waals surface area contributed by atoms with Crippen LogP contribution in [0.5, 0.6) is 0 Å². The zero-order valence-corrected chi connectivity index (χ0v) is 12.4. The molecule has 0 bridgehead atoms. The van der Waals surface area contributed by atoms with Gasteiger partial charge in [-0.1, -0.05) is 6.42 Å². The van der Waals surface area contributed by atoms with E-state index in [1.807, 2.05) is 11.7 Å². The van der Waals surface area contributed by atoms with Crippen LogP contribution in [0.1, 0.15) is 55.1 Å². The number of hydrogen-bond donors (Lipinski definition) is 1. The molecule has 0 radical (unpaired) electrons. The van der Waals surface area contributed by atoms with Crippen molar-refractivity contribution in [1.82, 2.24) is 14.7 Å². The van der Waals surface area contributed by atoms with E-state index in [1.54, 1.807) is 0 Å². The molecule has 3 rings (SSSR count). The lowest BCUT2D eigenvalue weighted by Crippen LogP contribution is -2.41. The van der Waals surface area contributed by atoms with Crippen molar-refractivity contribution in [2.45, 2.75) is 64.1 Å². The smallest absolute Gasteiger partial charge is 0.0644 e. The molecule has 1 aliphatic heterocycles. The highest BCUT2D eigenvalue weighted by Crippen LogP contribution is 2.40. The van der Waals surface area contributed by atoms with Crippen LogP contribution in [-0.2, 0) is 7.05 Å². The lowest BCUT2D eigenvalue weighted by molar-refractivity contribution is 0.174. The van der Waals surface area contributed by atoms with Crippen molar-refractivity contribution in [3.8, 4) is 0 Å². The van der Waals surface area contributed by atoms with E-state index in [0.29, 0.717) is 6.04 Å². The van der Waals surface area contributed by atoms with Crippen molar-refractivity contribution in [1.29, 1.82) is 0 Å². The monoisotopic (exact) mass is 262 g/mol. The summed E-state index contributed by atoms with van der Waals surface area (Å²) in [5.41, 5.74) is 10.4. The molecule has 2 atom stereocenters. The summed E-state index contributed by atoms with van der Waals surface area (Å²) >= 11 is 0. The molecule has 2 heterocycles. The Labute approximate surface area is 116 Å². The fourth-order valence-corrected chi connectivity index (χ4v) is 3.63. The maximum absolute atomic E-state index is 6.54. The number of nitrogens with zero attached hydrogens (tertiary/aromatic N) is 3. The molecule has 0 aromatic carbocycles. The fourth-order valence-electron chi connectivity index (χ4n) is 3.63. The molecular formula is C15H26N4. The van der Waals surface area contributed by atoms with Gasteiger partial charge in [0, 0.05) is 30.4 Å². The Balaban J connectivity index is 2.01. The van der Waals surface area contributed by atoms with Crippen LogP contribution in [0.15, 0.2) is 0 Å². The van der Waals surface area contributed by atoms with Crippen LogP contribution < -0.4 is 5.73 Å². The molecule has 1 saturated heterocycles. The van der Waals surface area contributed by atoms with E-state index < -0.39 is 0 Å². The van der Waals surface area contributed by atoms with E-state index >= 15 is 0 Å². The first-order valence-corrected chi connectivity index (χ1v) is 7.61. The van der Waals surface area contributed by atoms with Gasteiger partial charge in [0.2, 0.25) is 0 Å². The molecule has 2 fully saturated rings. The van der Waals surface area contributed by atoms with Crippen LogP contribution in [0.25, 0.3) is 0 Å². The molecule has 0 amide bonds. The Hall–Kier alpha value is -0.870. The number of nitrogens with two attached hydrogens (primary N) is 1. The van der Waals surface area contributed by atoms with Gasteiger partial charge in [-0.25, -0.2) is 0 Å². The maximum Gasteiger partial charge on any atom is 0.0644 e. The van der Waals surface area contributed by atoms with Gasteiger partial charge < -0.3 is 5.73 Å². The van der Waals surface area contributed by atoms with Gasteiger partial charge in [0.15, 0.2) is 0 Å². The molecule has 1 aromatic heterocycles. The first-order chi connectivity index (χ1) is 9.09. The standard InChI is InChI=1S/C15H26N4/c1-10-14(11(2)18(3)17-10)15-13(16)6-4-5-9-19(15)12-7-8-12/h12-13,15H,4-9,16H2,1-3H3. The molecule has 2 N–H and O–H groups in total. The number of likely N-dealkylation sites (tertiary alicyclic amines) is 1. The SMILES string of the molecule is Cc1nn(C)c(C)c1C1C(N)CCCCN1C1CC1. The highest BCUT2D eigenvalue weighted by Gasteiger charge is 2.40. The fraction of sp³-hybridized carbons (Fsp3) is 0.800. The first kappa shape index (κ1) is 13.1. The third-order valence-electron chi connectivity index (χ3n) is 4.84. The number of rotatable bonds is 2. The van der Waals surface area contributed by atoms with Crippen LogP contribution >= 0.6 is 0 Å². The predicted octanol–water partition coefficient (Wildman–Crippen LogP) is 2.05. The second-order valence-electron chi connectivity index (χ2n) is 6.28. The normalized spacial score (nSPS) is 29.5. The summed E-state index contributed by atoms with van der Waals surface area (Å²) in [4.78, 5) is 2.68. The van der Waals surface area contributed by atoms with E-state index in [1.165, 1.54) is 43.5 Å². The number of aromatic nitrogens is 2. The molecule has 1 aliphatic carbocycles. The Bertz CT molecular complexity index is 461. The van der Waals surface area contributed by atoms with E-state index in [0.717, 1.165) is 18.2 Å². The Morgan fingerprint density at radius 1 is 1.16 bits per heavy atom. The summed E-state index contributed by atoms with van der Waals surface area (Å²) in [6.45, 7) is 5.51. The van der Waals surface area contributed by atoms with E-state index in [2.05, 4.69) is 23.8 Å². The summed E-state index contributed by atoms with van der Waals surface area (Å²) in [7, 11) is 2.04. The molecular weight excluding hydrogens is 236 g/mol. The third kappa shape index (κ3) is 2.32. The van der Waals surface area contributed by atoms with Crippen molar-refractivity contribution in [3.63, 3.8) is 0 Å². The van der Waals surface area contributed by atoms with Crippen molar-refractivity contribution in [3.05, 3.63) is 17.0 Å². The molecule has 19 heavy (non-hydrogen) atoms. The predicted molar refractivity (Wildman–Crippen MR) is 77.0 cm³/mol. The van der Waals surface area contributed by atoms with Gasteiger partial charge in [-0.2, -0.15) is 5.10 Å². The van der Waals surface area contributed by atoms with Crippen LogP contribution in [-0.4, -0.2) is 33.3 Å². The molecule has 4 nitrogen and oxygen atoms in total. The Morgan fingerprint density at radius 3 is 2.47 bits per heavy atom. The second kappa shape index (κ2) is 4.91. The van der Waals surface area contributed by atoms with Crippen LogP contribution in [0.3, 0.4) is 0 Å². The number of aryl methyl sites for hydroxylation is 2. The number of hydrogen-bond acceptors (Lipinski definition) is 3. The third-order valence-corrected chi connectivity index (χ3v) is 4.84. The zero-order valence-electron chi connectivity index (χ0n) is 12.4. The minimum Gasteiger partial charge on any atom is -0.326 e. The van der Waals surface area contributed by atoms with Crippen LogP contribution in [0.4, 0.5) is 0 Å².